The molecule has 4 aliphatic rings. The Labute approximate surface area is 312 Å². The average molecular weight is 724 g/mol. The van der Waals surface area contributed by atoms with Gasteiger partial charge in [-0.05, 0) is 68.7 Å². The van der Waals surface area contributed by atoms with Crippen LogP contribution >= 0.6 is 0 Å². The Morgan fingerprint density at radius 2 is 1.28 bits per heavy atom. The predicted molar refractivity (Wildman–Crippen MR) is 202 cm³/mol. The van der Waals surface area contributed by atoms with E-state index in [4.69, 9.17) is 4.99 Å². The largest absolute Gasteiger partial charge is 0.464 e. The van der Waals surface area contributed by atoms with Crippen molar-refractivity contribution in [1.29, 1.82) is 0 Å². The van der Waals surface area contributed by atoms with Gasteiger partial charge in [-0.3, -0.25) is 19.4 Å². The minimum absolute atomic E-state index is 0.00174. The number of hydrogen-bond donors (Lipinski definition) is 0. The Balaban J connectivity index is 0.000000164. The molecule has 0 N–H and O–H groups in total. The van der Waals surface area contributed by atoms with Gasteiger partial charge >= 0.3 is 5.97 Å². The van der Waals surface area contributed by atoms with Crippen molar-refractivity contribution >= 4 is 34.6 Å². The quantitative estimate of drug-likeness (QED) is 0.150. The molecule has 3 aliphatic carbocycles. The number of ketones is 3. The molecule has 0 aromatic carbocycles. The van der Waals surface area contributed by atoms with Crippen LogP contribution in [0.2, 0.25) is 0 Å². The molecular formula is C41H53N7O5. The lowest BCUT2D eigenvalue weighted by Crippen LogP contribution is -2.39. The normalized spacial score (nSPS) is 20.8. The number of Topliss-reactive ketones (excluding diaryl/α,β-unsaturated/α-hetero) is 3. The highest BCUT2D eigenvalue weighted by atomic mass is 16.5. The van der Waals surface area contributed by atoms with Crippen LogP contribution in [0.3, 0.4) is 0 Å². The summed E-state index contributed by atoms with van der Waals surface area (Å²) in [5.74, 6) is -0.623. The first-order valence-electron chi connectivity index (χ1n) is 18.4. The van der Waals surface area contributed by atoms with E-state index in [1.807, 2.05) is 26.1 Å². The van der Waals surface area contributed by atoms with Gasteiger partial charge in [0, 0.05) is 52.5 Å². The highest BCUT2D eigenvalue weighted by Gasteiger charge is 2.41. The van der Waals surface area contributed by atoms with Crippen molar-refractivity contribution in [3.05, 3.63) is 78.4 Å². The molecule has 0 amide bonds. The molecule has 3 aromatic rings. The fourth-order valence-electron chi connectivity index (χ4n) is 7.10. The molecule has 1 atom stereocenters. The number of carbonyl (C=O) groups excluding carboxylic acids is 4. The Morgan fingerprint density at radius 3 is 1.83 bits per heavy atom. The van der Waals surface area contributed by atoms with Crippen LogP contribution in [-0.4, -0.2) is 72.6 Å². The van der Waals surface area contributed by atoms with Gasteiger partial charge in [0.2, 0.25) is 0 Å². The van der Waals surface area contributed by atoms with E-state index in [-0.39, 0.29) is 33.5 Å². The van der Waals surface area contributed by atoms with Crippen LogP contribution in [0.15, 0.2) is 66.3 Å². The molecule has 12 nitrogen and oxygen atoms in total. The molecule has 0 spiro atoms. The zero-order chi connectivity index (χ0) is 38.6. The fraction of sp³-hybridized carbons (Fsp3) is 0.537. The summed E-state index contributed by atoms with van der Waals surface area (Å²) in [5.41, 5.74) is 5.60. The number of allylic oxidation sites excluding steroid dienone is 1. The van der Waals surface area contributed by atoms with Crippen molar-refractivity contribution in [2.24, 2.45) is 27.2 Å². The second-order valence-electron chi connectivity index (χ2n) is 15.7. The molecule has 0 bridgehead atoms. The third-order valence-corrected chi connectivity index (χ3v) is 10.4. The van der Waals surface area contributed by atoms with Crippen molar-refractivity contribution in [3.63, 3.8) is 0 Å². The monoisotopic (exact) mass is 723 g/mol. The van der Waals surface area contributed by atoms with E-state index >= 15 is 0 Å². The van der Waals surface area contributed by atoms with Gasteiger partial charge in [0.1, 0.15) is 36.2 Å². The van der Waals surface area contributed by atoms with Crippen molar-refractivity contribution in [3.8, 4) is 0 Å². The molecule has 12 heteroatoms. The van der Waals surface area contributed by atoms with Gasteiger partial charge in [-0.2, -0.15) is 0 Å². The summed E-state index contributed by atoms with van der Waals surface area (Å²) >= 11 is 0. The molecule has 3 fully saturated rings. The lowest BCUT2D eigenvalue weighted by Gasteiger charge is -2.32. The first-order chi connectivity index (χ1) is 25.2. The fourth-order valence-corrected chi connectivity index (χ4v) is 7.10. The third kappa shape index (κ3) is 10.8. The number of carbonyl (C=O) groups is 4. The number of aliphatic imine (C=N–C) groups is 1. The zero-order valence-electron chi connectivity index (χ0n) is 32.2. The van der Waals surface area contributed by atoms with E-state index in [1.165, 1.54) is 74.3 Å². The van der Waals surface area contributed by atoms with Crippen LogP contribution in [0.4, 0.5) is 0 Å². The Bertz CT molecular complexity index is 1790. The van der Waals surface area contributed by atoms with Gasteiger partial charge in [0.25, 0.3) is 0 Å². The summed E-state index contributed by atoms with van der Waals surface area (Å²) in [4.78, 5) is 74.3. The first kappa shape index (κ1) is 40.9. The van der Waals surface area contributed by atoms with Crippen LogP contribution < -0.4 is 0 Å². The highest BCUT2D eigenvalue weighted by molar-refractivity contribution is 6.13. The van der Waals surface area contributed by atoms with Crippen molar-refractivity contribution < 1.29 is 23.9 Å². The predicted octanol–water partition coefficient (Wildman–Crippen LogP) is 7.37. The molecule has 0 saturated heterocycles. The zero-order valence-corrected chi connectivity index (χ0v) is 32.2. The van der Waals surface area contributed by atoms with E-state index in [9.17, 15) is 19.2 Å². The Morgan fingerprint density at radius 1 is 0.679 bits per heavy atom. The van der Waals surface area contributed by atoms with E-state index in [2.05, 4.69) is 62.3 Å². The lowest BCUT2D eigenvalue weighted by molar-refractivity contribution is -0.132. The summed E-state index contributed by atoms with van der Waals surface area (Å²) in [5, 5.41) is 0. The molecule has 0 radical (unpaired) electrons. The Kier molecular flexibility index (Phi) is 14.1. The van der Waals surface area contributed by atoms with Gasteiger partial charge in [-0.1, -0.05) is 54.4 Å². The van der Waals surface area contributed by atoms with E-state index < -0.39 is 11.9 Å². The maximum Gasteiger partial charge on any atom is 0.356 e. The van der Waals surface area contributed by atoms with Gasteiger partial charge in [0.15, 0.2) is 11.5 Å². The van der Waals surface area contributed by atoms with E-state index in [1.54, 1.807) is 12.4 Å². The number of rotatable bonds is 4. The van der Waals surface area contributed by atoms with Crippen LogP contribution in [0.1, 0.15) is 132 Å². The molecule has 4 heterocycles. The van der Waals surface area contributed by atoms with Crippen LogP contribution in [-0.2, 0) is 14.3 Å². The molecular weight excluding hydrogens is 670 g/mol. The van der Waals surface area contributed by atoms with Gasteiger partial charge in [0.05, 0.1) is 25.3 Å². The van der Waals surface area contributed by atoms with E-state index in [0.717, 1.165) is 50.8 Å². The van der Waals surface area contributed by atoms with E-state index in [0.29, 0.717) is 17.9 Å². The number of fused-ring (bicyclic) bond motifs is 1. The molecule has 53 heavy (non-hydrogen) atoms. The average Bonchev–Trinajstić information content (AvgIpc) is 3.61. The molecule has 1 aliphatic heterocycles. The summed E-state index contributed by atoms with van der Waals surface area (Å²) in [6.07, 6.45) is 19.4. The topological polar surface area (TPSA) is 167 Å². The number of esters is 1. The maximum atomic E-state index is 12.2. The first-order valence-corrected chi connectivity index (χ1v) is 18.4. The second kappa shape index (κ2) is 18.3. The lowest BCUT2D eigenvalue weighted by atomic mass is 9.69. The maximum absolute atomic E-state index is 12.2. The van der Waals surface area contributed by atoms with Gasteiger partial charge in [-0.15, -0.1) is 0 Å². The summed E-state index contributed by atoms with van der Waals surface area (Å²) in [6, 6.07) is 5.05. The number of aromatic nitrogens is 6. The van der Waals surface area contributed by atoms with Crippen molar-refractivity contribution in [2.45, 2.75) is 106 Å². The number of nitrogens with zero attached hydrogens (tertiary/aromatic N) is 7. The molecule has 3 aromatic heterocycles. The highest BCUT2D eigenvalue weighted by Crippen LogP contribution is 2.42. The molecule has 1 unspecified atom stereocenters. The summed E-state index contributed by atoms with van der Waals surface area (Å²) in [7, 11) is 1.31. The SMILES string of the molecule is CC1(C)CCCC(C(=O)c2ccncn2)C1=O.CC1(C)CCCC2=C(c3ccncn3)CN=C21.CC1(C)CCCCC1=O.COC(=O)c1ccncn1. The summed E-state index contributed by atoms with van der Waals surface area (Å²) in [6.45, 7) is 13.3. The minimum atomic E-state index is -0.520. The minimum Gasteiger partial charge on any atom is -0.464 e. The number of ether oxygens (including phenoxy) is 1. The second-order valence-corrected chi connectivity index (χ2v) is 15.7. The third-order valence-electron chi connectivity index (χ3n) is 10.4. The standard InChI is InChI=1S/C14H17N3.C13H16N2O2.C8H14O.C6H6N2O2/c1-14(2)6-3-4-10-11(8-16-13(10)14)12-5-7-15-9-17-12;1-13(2)6-3-4-9(12(13)17)11(16)10-5-7-14-8-15-10;1-8(2)6-4-3-5-7(8)9;1-10-6(9)5-2-3-7-4-8-5/h5,7,9H,3-4,6,8H2,1-2H3;5,7-9H,3-4,6H2,1-2H3;3-6H2,1-2H3;2-4H,1H3. The number of hydrogen-bond acceptors (Lipinski definition) is 12. The van der Waals surface area contributed by atoms with Crippen LogP contribution in [0, 0.1) is 22.2 Å². The van der Waals surface area contributed by atoms with Gasteiger partial charge in [-0.25, -0.2) is 34.7 Å². The van der Waals surface area contributed by atoms with Crippen molar-refractivity contribution in [2.75, 3.05) is 13.7 Å². The number of methoxy groups -OCH3 is 1. The smallest absolute Gasteiger partial charge is 0.356 e. The van der Waals surface area contributed by atoms with Crippen LogP contribution in [0.25, 0.3) is 5.57 Å². The molecule has 3 saturated carbocycles. The molecule has 7 rings (SSSR count). The van der Waals surface area contributed by atoms with Crippen molar-refractivity contribution in [1.82, 2.24) is 29.9 Å². The Hall–Kier alpha value is -4.87. The van der Waals surface area contributed by atoms with Crippen LogP contribution in [0.5, 0.6) is 0 Å². The molecule has 282 valence electrons. The van der Waals surface area contributed by atoms with Gasteiger partial charge < -0.3 is 4.74 Å². The summed E-state index contributed by atoms with van der Waals surface area (Å²) < 4.78 is 4.41.